The fraction of sp³-hybridized carbons (Fsp3) is 0.296. The van der Waals surface area contributed by atoms with Crippen molar-refractivity contribution in [2.75, 3.05) is 0 Å². The molecule has 0 unspecified atom stereocenters. The Morgan fingerprint density at radius 2 is 1.71 bits per heavy atom. The van der Waals surface area contributed by atoms with E-state index in [2.05, 4.69) is 18.2 Å². The van der Waals surface area contributed by atoms with E-state index < -0.39 is 0 Å². The van der Waals surface area contributed by atoms with Crippen molar-refractivity contribution in [3.8, 4) is 11.4 Å². The van der Waals surface area contributed by atoms with Gasteiger partial charge in [0.15, 0.2) is 17.0 Å². The highest BCUT2D eigenvalue weighted by Crippen LogP contribution is 2.36. The molecule has 34 heavy (non-hydrogen) atoms. The third-order valence-corrected chi connectivity index (χ3v) is 5.97. The van der Waals surface area contributed by atoms with Gasteiger partial charge < -0.3 is 4.74 Å². The quantitative estimate of drug-likeness (QED) is 0.259. The van der Waals surface area contributed by atoms with Gasteiger partial charge in [0.1, 0.15) is 11.2 Å². The van der Waals surface area contributed by atoms with Crippen molar-refractivity contribution in [3.63, 3.8) is 0 Å². The molecule has 0 aliphatic rings. The maximum Gasteiger partial charge on any atom is 0.311 e. The van der Waals surface area contributed by atoms with Gasteiger partial charge in [0.2, 0.25) is 0 Å². The summed E-state index contributed by atoms with van der Waals surface area (Å²) in [5.41, 5.74) is 4.18. The second-order valence-electron chi connectivity index (χ2n) is 9.50. The molecule has 0 saturated carbocycles. The summed E-state index contributed by atoms with van der Waals surface area (Å²) in [6.07, 6.45) is 2.94. The van der Waals surface area contributed by atoms with Crippen LogP contribution >= 0.6 is 11.6 Å². The molecule has 0 radical (unpaired) electrons. The smallest absolute Gasteiger partial charge is 0.311 e. The number of imidazole rings is 1. The number of hydrogen-bond donors (Lipinski definition) is 0. The lowest BCUT2D eigenvalue weighted by atomic mass is 10.1. The van der Waals surface area contributed by atoms with Gasteiger partial charge in [-0.2, -0.15) is 0 Å². The van der Waals surface area contributed by atoms with Crippen LogP contribution in [0.25, 0.3) is 33.4 Å². The van der Waals surface area contributed by atoms with Crippen molar-refractivity contribution in [2.45, 2.75) is 40.5 Å². The predicted octanol–water partition coefficient (Wildman–Crippen LogP) is 6.63. The van der Waals surface area contributed by atoms with Crippen molar-refractivity contribution in [3.05, 3.63) is 65.6 Å². The maximum atomic E-state index is 12.7. The summed E-state index contributed by atoms with van der Waals surface area (Å²) >= 11 is 6.14. The minimum atomic E-state index is -0.273. The molecule has 7 heteroatoms. The lowest BCUT2D eigenvalue weighted by Crippen LogP contribution is -2.11. The number of rotatable bonds is 6. The normalized spacial score (nSPS) is 12.0. The van der Waals surface area contributed by atoms with E-state index in [9.17, 15) is 4.79 Å². The van der Waals surface area contributed by atoms with E-state index >= 15 is 0 Å². The van der Waals surface area contributed by atoms with E-state index in [0.717, 1.165) is 40.0 Å². The first-order valence-electron chi connectivity index (χ1n) is 11.6. The average Bonchev–Trinajstić information content (AvgIpc) is 3.32. The number of ether oxygens (including phenoxy) is 1. The molecular weight excluding hydrogens is 448 g/mol. The second kappa shape index (κ2) is 8.76. The van der Waals surface area contributed by atoms with Crippen LogP contribution in [0.5, 0.6) is 5.75 Å². The number of para-hydroxylation sites is 2. The second-order valence-corrected chi connectivity index (χ2v) is 9.93. The van der Waals surface area contributed by atoms with Gasteiger partial charge in [-0.1, -0.05) is 51.4 Å². The first kappa shape index (κ1) is 22.4. The van der Waals surface area contributed by atoms with E-state index in [1.54, 1.807) is 0 Å². The molecule has 3 aromatic heterocycles. The molecule has 0 aliphatic carbocycles. The Bertz CT molecular complexity index is 1510. The zero-order valence-corrected chi connectivity index (χ0v) is 20.5. The number of halogens is 1. The van der Waals surface area contributed by atoms with E-state index in [1.807, 2.05) is 73.1 Å². The van der Waals surface area contributed by atoms with Crippen LogP contribution in [-0.4, -0.2) is 24.9 Å². The van der Waals surface area contributed by atoms with E-state index in [1.165, 1.54) is 0 Å². The fourth-order valence-electron chi connectivity index (χ4n) is 4.30. The predicted molar refractivity (Wildman–Crippen MR) is 136 cm³/mol. The number of aromatic nitrogens is 4. The third kappa shape index (κ3) is 4.03. The number of esters is 1. The standard InChI is InChI=1S/C27H27ClN4O2/c1-16(2)13-23-30-26-25(27-29-20-7-5-6-8-21(20)32(23)27)22(34-24(33)14-17(3)4)15-31(26)19-11-9-18(28)10-12-19/h5-12,15-17H,13-14H2,1-4H3. The van der Waals surface area contributed by atoms with Crippen molar-refractivity contribution in [1.29, 1.82) is 0 Å². The van der Waals surface area contributed by atoms with E-state index in [-0.39, 0.29) is 11.9 Å². The topological polar surface area (TPSA) is 61.4 Å². The molecule has 0 amide bonds. The van der Waals surface area contributed by atoms with Crippen LogP contribution in [0.1, 0.15) is 39.9 Å². The van der Waals surface area contributed by atoms with Crippen LogP contribution in [0.3, 0.4) is 0 Å². The Balaban J connectivity index is 1.85. The summed E-state index contributed by atoms with van der Waals surface area (Å²) < 4.78 is 9.96. The first-order valence-corrected chi connectivity index (χ1v) is 12.0. The third-order valence-electron chi connectivity index (χ3n) is 5.72. The largest absolute Gasteiger partial charge is 0.424 e. The van der Waals surface area contributed by atoms with Crippen LogP contribution < -0.4 is 4.74 Å². The van der Waals surface area contributed by atoms with Crippen LogP contribution in [0.2, 0.25) is 5.02 Å². The molecule has 0 fully saturated rings. The first-order chi connectivity index (χ1) is 16.3. The molecule has 0 atom stereocenters. The molecule has 3 heterocycles. The number of carbonyl (C=O) groups excluding carboxylic acids is 1. The molecule has 0 bridgehead atoms. The molecule has 174 valence electrons. The van der Waals surface area contributed by atoms with Gasteiger partial charge in [-0.05, 0) is 48.2 Å². The van der Waals surface area contributed by atoms with E-state index in [0.29, 0.717) is 28.8 Å². The van der Waals surface area contributed by atoms with Gasteiger partial charge >= 0.3 is 5.97 Å². The number of nitrogens with zero attached hydrogens (tertiary/aromatic N) is 4. The van der Waals surface area contributed by atoms with E-state index in [4.69, 9.17) is 26.3 Å². The van der Waals surface area contributed by atoms with Crippen LogP contribution in [0, 0.1) is 11.8 Å². The van der Waals surface area contributed by atoms with Crippen LogP contribution in [0.4, 0.5) is 0 Å². The Morgan fingerprint density at radius 1 is 0.971 bits per heavy atom. The van der Waals surface area contributed by atoms with Gasteiger partial charge in [0.05, 0.1) is 17.2 Å². The molecule has 0 N–H and O–H groups in total. The molecule has 5 rings (SSSR count). The SMILES string of the molecule is CC(C)CC(=O)Oc1cn(-c2ccc(Cl)cc2)c2nc(CC(C)C)n3c4ccccc4nc3c12. The summed E-state index contributed by atoms with van der Waals surface area (Å²) in [6.45, 7) is 8.34. The lowest BCUT2D eigenvalue weighted by molar-refractivity contribution is -0.135. The number of hydrogen-bond acceptors (Lipinski definition) is 4. The van der Waals surface area contributed by atoms with Crippen molar-refractivity contribution >= 4 is 45.3 Å². The lowest BCUT2D eigenvalue weighted by Gasteiger charge is -2.11. The summed E-state index contributed by atoms with van der Waals surface area (Å²) in [5.74, 6) is 1.70. The van der Waals surface area contributed by atoms with Gasteiger partial charge in [-0.25, -0.2) is 9.97 Å². The Morgan fingerprint density at radius 3 is 2.41 bits per heavy atom. The highest BCUT2D eigenvalue weighted by Gasteiger charge is 2.23. The molecule has 6 nitrogen and oxygen atoms in total. The summed E-state index contributed by atoms with van der Waals surface area (Å²) in [7, 11) is 0. The number of fused-ring (bicyclic) bond motifs is 5. The van der Waals surface area contributed by atoms with Gasteiger partial charge in [0.25, 0.3) is 0 Å². The molecule has 5 aromatic rings. The Hall–Kier alpha value is -3.38. The van der Waals surface area contributed by atoms with Crippen LogP contribution in [0.15, 0.2) is 54.7 Å². The Labute approximate surface area is 203 Å². The monoisotopic (exact) mass is 474 g/mol. The number of carbonyl (C=O) groups is 1. The van der Waals surface area contributed by atoms with Crippen molar-refractivity contribution in [2.24, 2.45) is 11.8 Å². The summed E-state index contributed by atoms with van der Waals surface area (Å²) in [4.78, 5) is 22.8. The van der Waals surface area contributed by atoms with Crippen LogP contribution in [-0.2, 0) is 11.2 Å². The zero-order chi connectivity index (χ0) is 24.0. The van der Waals surface area contributed by atoms with Crippen molar-refractivity contribution < 1.29 is 9.53 Å². The minimum Gasteiger partial charge on any atom is -0.424 e. The molecular formula is C27H27ClN4O2. The van der Waals surface area contributed by atoms with Gasteiger partial charge in [-0.3, -0.25) is 13.8 Å². The molecule has 0 aliphatic heterocycles. The number of benzene rings is 2. The average molecular weight is 475 g/mol. The Kier molecular flexibility index (Phi) is 5.78. The summed E-state index contributed by atoms with van der Waals surface area (Å²) in [5, 5.41) is 1.37. The summed E-state index contributed by atoms with van der Waals surface area (Å²) in [6, 6.07) is 15.6. The fourth-order valence-corrected chi connectivity index (χ4v) is 4.42. The van der Waals surface area contributed by atoms with Gasteiger partial charge in [0, 0.05) is 23.6 Å². The highest BCUT2D eigenvalue weighted by atomic mass is 35.5. The maximum absolute atomic E-state index is 12.7. The molecule has 2 aromatic carbocycles. The molecule has 0 saturated heterocycles. The van der Waals surface area contributed by atoms with Gasteiger partial charge in [-0.15, -0.1) is 0 Å². The zero-order valence-electron chi connectivity index (χ0n) is 19.7. The van der Waals surface area contributed by atoms with Crippen molar-refractivity contribution in [1.82, 2.24) is 18.9 Å². The minimum absolute atomic E-state index is 0.196. The molecule has 0 spiro atoms. The highest BCUT2D eigenvalue weighted by molar-refractivity contribution is 6.30.